The number of fused-ring (bicyclic) bond motifs is 2. The van der Waals surface area contributed by atoms with Gasteiger partial charge in [0.2, 0.25) is 5.91 Å². The smallest absolute Gasteiger partial charge is 0.254 e. The number of morpholine rings is 1. The number of nitrogens with one attached hydrogen (secondary N) is 1. The molecule has 8 nitrogen and oxygen atoms in total. The molecule has 8 heteroatoms. The van der Waals surface area contributed by atoms with Crippen molar-refractivity contribution < 1.29 is 24.2 Å². The number of nitrogens with zero attached hydrogens (tertiary/aromatic N) is 2. The number of carbonyl (C=O) groups is 3. The number of benzene rings is 2. The van der Waals surface area contributed by atoms with Crippen molar-refractivity contribution in [3.8, 4) is 11.8 Å². The summed E-state index contributed by atoms with van der Waals surface area (Å²) in [5.74, 6) is 4.33. The van der Waals surface area contributed by atoms with Crippen molar-refractivity contribution >= 4 is 17.6 Å². The number of ketones is 1. The summed E-state index contributed by atoms with van der Waals surface area (Å²) in [4.78, 5) is 40.3. The predicted molar refractivity (Wildman–Crippen MR) is 134 cm³/mol. The van der Waals surface area contributed by atoms with Gasteiger partial charge in [0, 0.05) is 50.4 Å². The Morgan fingerprint density at radius 1 is 1.03 bits per heavy atom. The molecule has 3 atom stereocenters. The van der Waals surface area contributed by atoms with Gasteiger partial charge in [0.1, 0.15) is 6.61 Å². The third-order valence-electron chi connectivity index (χ3n) is 6.63. The van der Waals surface area contributed by atoms with Crippen LogP contribution in [-0.4, -0.2) is 84.5 Å². The zero-order valence-corrected chi connectivity index (χ0v) is 20.6. The Bertz CT molecular complexity index is 1140. The van der Waals surface area contributed by atoms with E-state index < -0.39 is 30.2 Å². The van der Waals surface area contributed by atoms with Gasteiger partial charge in [-0.25, -0.2) is 0 Å². The number of aliphatic hydroxyl groups excluding tert-OH is 1. The minimum Gasteiger partial charge on any atom is -0.388 e. The second-order valence-corrected chi connectivity index (χ2v) is 9.23. The Morgan fingerprint density at radius 3 is 2.11 bits per heavy atom. The Hall–Kier alpha value is -3.51. The molecule has 0 aliphatic carbocycles. The fourth-order valence-corrected chi connectivity index (χ4v) is 4.70. The summed E-state index contributed by atoms with van der Waals surface area (Å²) in [6.45, 7) is 2.07. The maximum atomic E-state index is 12.8. The number of aliphatic hydroxyl groups is 1. The van der Waals surface area contributed by atoms with Gasteiger partial charge in [-0.15, -0.1) is 0 Å². The largest absolute Gasteiger partial charge is 0.388 e. The van der Waals surface area contributed by atoms with Crippen LogP contribution < -0.4 is 5.32 Å². The van der Waals surface area contributed by atoms with E-state index in [-0.39, 0.29) is 0 Å². The van der Waals surface area contributed by atoms with Gasteiger partial charge >= 0.3 is 0 Å². The van der Waals surface area contributed by atoms with Crippen LogP contribution in [0.5, 0.6) is 0 Å². The van der Waals surface area contributed by atoms with Crippen LogP contribution in [0.2, 0.25) is 0 Å². The average Bonchev–Trinajstić information content (AvgIpc) is 3.25. The minimum atomic E-state index is -1.40. The van der Waals surface area contributed by atoms with Crippen LogP contribution in [0.25, 0.3) is 0 Å². The van der Waals surface area contributed by atoms with Crippen molar-refractivity contribution in [1.29, 1.82) is 0 Å². The highest BCUT2D eigenvalue weighted by Crippen LogP contribution is 2.27. The van der Waals surface area contributed by atoms with Crippen molar-refractivity contribution in [3.05, 3.63) is 70.8 Å². The second kappa shape index (κ2) is 11.5. The van der Waals surface area contributed by atoms with E-state index in [1.807, 2.05) is 12.1 Å². The number of rotatable bonds is 7. The molecule has 36 heavy (non-hydrogen) atoms. The van der Waals surface area contributed by atoms with E-state index in [0.29, 0.717) is 17.8 Å². The summed E-state index contributed by atoms with van der Waals surface area (Å²) in [6.07, 6.45) is 3.11. The maximum absolute atomic E-state index is 12.8. The maximum Gasteiger partial charge on any atom is 0.254 e. The summed E-state index contributed by atoms with van der Waals surface area (Å²) in [5.41, 5.74) is 3.19. The van der Waals surface area contributed by atoms with Crippen molar-refractivity contribution in [2.75, 3.05) is 33.8 Å². The molecule has 2 aliphatic rings. The zero-order chi connectivity index (χ0) is 25.7. The fraction of sp³-hybridized carbons (Fsp3) is 0.393. The van der Waals surface area contributed by atoms with Crippen molar-refractivity contribution in [1.82, 2.24) is 15.1 Å². The molecule has 0 radical (unpaired) electrons. The van der Waals surface area contributed by atoms with E-state index in [1.165, 1.54) is 32.5 Å². The van der Waals surface area contributed by atoms with Crippen LogP contribution in [0.1, 0.15) is 39.9 Å². The number of carbonyl (C=O) groups excluding carboxylic acids is 3. The summed E-state index contributed by atoms with van der Waals surface area (Å²) in [6, 6.07) is 13.5. The highest BCUT2D eigenvalue weighted by molar-refractivity contribution is 6.10. The molecule has 0 aromatic heterocycles. The van der Waals surface area contributed by atoms with Gasteiger partial charge in [-0.1, -0.05) is 24.0 Å². The lowest BCUT2D eigenvalue weighted by atomic mass is 10.1. The molecule has 0 saturated carbocycles. The van der Waals surface area contributed by atoms with Gasteiger partial charge in [-0.2, -0.15) is 0 Å². The van der Waals surface area contributed by atoms with Crippen LogP contribution in [0.3, 0.4) is 0 Å². The predicted octanol–water partition coefficient (Wildman–Crippen LogP) is 1.20. The average molecular weight is 490 g/mol. The van der Waals surface area contributed by atoms with Gasteiger partial charge in [0.05, 0.1) is 12.2 Å². The van der Waals surface area contributed by atoms with E-state index in [4.69, 9.17) is 9.84 Å². The van der Waals surface area contributed by atoms with Gasteiger partial charge < -0.3 is 20.1 Å². The Labute approximate surface area is 211 Å². The second-order valence-electron chi connectivity index (χ2n) is 9.23. The number of likely N-dealkylation sites (tertiary alicyclic amines) is 1. The fourth-order valence-electron chi connectivity index (χ4n) is 4.70. The normalized spacial score (nSPS) is 19.6. The summed E-state index contributed by atoms with van der Waals surface area (Å²) in [7, 11) is 2.73. The molecule has 2 amide bonds. The molecule has 2 aromatic rings. The van der Waals surface area contributed by atoms with Gasteiger partial charge in [-0.05, 0) is 54.8 Å². The number of hydrogen-bond donors (Lipinski definition) is 2. The Kier molecular flexibility index (Phi) is 8.16. The molecule has 3 unspecified atom stereocenters. The van der Waals surface area contributed by atoms with Crippen molar-refractivity contribution in [3.63, 3.8) is 0 Å². The van der Waals surface area contributed by atoms with Gasteiger partial charge in [0.25, 0.3) is 5.91 Å². The molecule has 2 N–H and O–H groups in total. The first-order chi connectivity index (χ1) is 17.4. The molecule has 2 aromatic carbocycles. The number of hydrogen-bond acceptors (Lipinski definition) is 6. The number of amides is 2. The molecule has 188 valence electrons. The number of ether oxygens (including phenoxy) is 1. The first-order valence-electron chi connectivity index (χ1n) is 12.1. The minimum absolute atomic E-state index is 0.309. The lowest BCUT2D eigenvalue weighted by molar-refractivity contribution is -0.135. The van der Waals surface area contributed by atoms with Crippen molar-refractivity contribution in [2.24, 2.45) is 0 Å². The zero-order valence-electron chi connectivity index (χ0n) is 20.6. The third-order valence-corrected chi connectivity index (χ3v) is 6.63. The quantitative estimate of drug-likeness (QED) is 0.448. The lowest BCUT2D eigenvalue weighted by Gasteiger charge is -2.32. The molecular formula is C28H31N3O5. The van der Waals surface area contributed by atoms with Crippen molar-refractivity contribution in [2.45, 2.75) is 37.6 Å². The van der Waals surface area contributed by atoms with Crippen LogP contribution in [0.4, 0.5) is 0 Å². The summed E-state index contributed by atoms with van der Waals surface area (Å²) >= 11 is 0. The third kappa shape index (κ3) is 6.00. The molecule has 2 saturated heterocycles. The molecule has 0 spiro atoms. The SMILES string of the molecule is CNC(=O)C(C(=O)CO)N(C)C(=O)c1ccc(C#Cc2ccc(CN3CC4CCC(C3)O4)cc2)cc1. The molecule has 4 rings (SSSR count). The lowest BCUT2D eigenvalue weighted by Crippen LogP contribution is -2.52. The molecule has 2 heterocycles. The molecule has 2 bridgehead atoms. The monoisotopic (exact) mass is 489 g/mol. The van der Waals surface area contributed by atoms with E-state index >= 15 is 0 Å². The molecule has 2 aliphatic heterocycles. The highest BCUT2D eigenvalue weighted by atomic mass is 16.5. The van der Waals surface area contributed by atoms with Crippen LogP contribution >= 0.6 is 0 Å². The summed E-state index contributed by atoms with van der Waals surface area (Å²) < 4.78 is 5.91. The standard InChI is InChI=1S/C28H31N3O5/c1-29-27(34)26(25(33)18-32)30(2)28(35)22-11-9-20(10-12-22)4-3-19-5-7-21(8-6-19)15-31-16-23-13-14-24(17-31)36-23/h5-12,23-24,26,32H,13-18H2,1-2H3,(H,29,34). The van der Waals surface area contributed by atoms with Gasteiger partial charge in [0.15, 0.2) is 11.8 Å². The topological polar surface area (TPSA) is 99.2 Å². The first-order valence-corrected chi connectivity index (χ1v) is 12.1. The van der Waals surface area contributed by atoms with Crippen LogP contribution in [0, 0.1) is 11.8 Å². The van der Waals surface area contributed by atoms with Gasteiger partial charge in [-0.3, -0.25) is 19.3 Å². The number of likely N-dealkylation sites (N-methyl/N-ethyl adjacent to an activating group) is 2. The first kappa shape index (κ1) is 25.6. The highest BCUT2D eigenvalue weighted by Gasteiger charge is 2.34. The number of Topliss-reactive ketones (excluding diaryl/α,β-unsaturated/α-hetero) is 1. The Balaban J connectivity index is 1.36. The van der Waals surface area contributed by atoms with E-state index in [9.17, 15) is 14.4 Å². The van der Waals surface area contributed by atoms with E-state index in [1.54, 1.807) is 24.3 Å². The molecular weight excluding hydrogens is 458 g/mol. The van der Waals surface area contributed by atoms with Crippen LogP contribution in [0.15, 0.2) is 48.5 Å². The Morgan fingerprint density at radius 2 is 1.58 bits per heavy atom. The van der Waals surface area contributed by atoms with E-state index in [2.05, 4.69) is 34.2 Å². The summed E-state index contributed by atoms with van der Waals surface area (Å²) in [5, 5.41) is 11.5. The molecule has 2 fully saturated rings. The van der Waals surface area contributed by atoms with Crippen LogP contribution in [-0.2, 0) is 20.9 Å². The van der Waals surface area contributed by atoms with E-state index in [0.717, 1.165) is 35.7 Å².